The number of hydrogen-bond donors (Lipinski definition) is 1. The summed E-state index contributed by atoms with van der Waals surface area (Å²) in [4.78, 5) is 4.44. The number of nitrogens with two attached hydrogens (primary N) is 1. The number of nitrogen functional groups attached to an aromatic ring is 1. The summed E-state index contributed by atoms with van der Waals surface area (Å²) in [6, 6.07) is 18.0. The van der Waals surface area contributed by atoms with Crippen molar-refractivity contribution in [1.29, 1.82) is 0 Å². The van der Waals surface area contributed by atoms with Crippen molar-refractivity contribution in [3.8, 4) is 22.4 Å². The van der Waals surface area contributed by atoms with Gasteiger partial charge in [-0.05, 0) is 48.4 Å². The number of nitrogens with zero attached hydrogens (tertiary/aromatic N) is 1. The van der Waals surface area contributed by atoms with E-state index in [2.05, 4.69) is 30.1 Å². The molecule has 0 aliphatic carbocycles. The molecule has 0 saturated carbocycles. The van der Waals surface area contributed by atoms with Gasteiger partial charge in [-0.2, -0.15) is 0 Å². The van der Waals surface area contributed by atoms with Crippen molar-refractivity contribution in [2.45, 2.75) is 6.92 Å². The number of aromatic nitrogens is 1. The lowest BCUT2D eigenvalue weighted by Crippen LogP contribution is -1.91. The molecule has 1 heterocycles. The van der Waals surface area contributed by atoms with Crippen LogP contribution >= 0.6 is 11.6 Å². The summed E-state index contributed by atoms with van der Waals surface area (Å²) < 4.78 is 0. The Morgan fingerprint density at radius 1 is 0.905 bits per heavy atom. The van der Waals surface area contributed by atoms with Gasteiger partial charge < -0.3 is 5.73 Å². The second-order valence-electron chi connectivity index (χ2n) is 5.03. The highest BCUT2D eigenvalue weighted by Crippen LogP contribution is 2.32. The van der Waals surface area contributed by atoms with Gasteiger partial charge in [0, 0.05) is 10.6 Å². The molecule has 104 valence electrons. The van der Waals surface area contributed by atoms with Crippen LogP contribution in [0.1, 0.15) is 5.56 Å². The number of halogens is 1. The third-order valence-electron chi connectivity index (χ3n) is 3.39. The summed E-state index contributed by atoms with van der Waals surface area (Å²) in [5, 5.41) is 0.734. The molecule has 2 N–H and O–H groups in total. The van der Waals surface area contributed by atoms with Crippen LogP contribution in [0.4, 0.5) is 5.69 Å². The fraction of sp³-hybridized carbons (Fsp3) is 0.0556. The van der Waals surface area contributed by atoms with E-state index in [1.54, 1.807) is 6.20 Å². The first-order chi connectivity index (χ1) is 10.1. The van der Waals surface area contributed by atoms with E-state index in [1.165, 1.54) is 5.56 Å². The maximum absolute atomic E-state index is 5.97. The summed E-state index contributed by atoms with van der Waals surface area (Å²) >= 11 is 5.97. The van der Waals surface area contributed by atoms with E-state index in [4.69, 9.17) is 17.3 Å². The predicted molar refractivity (Wildman–Crippen MR) is 89.3 cm³/mol. The molecule has 1 aromatic heterocycles. The Morgan fingerprint density at radius 3 is 2.33 bits per heavy atom. The maximum Gasteiger partial charge on any atom is 0.0709 e. The smallest absolute Gasteiger partial charge is 0.0709 e. The molecule has 21 heavy (non-hydrogen) atoms. The van der Waals surface area contributed by atoms with E-state index < -0.39 is 0 Å². The van der Waals surface area contributed by atoms with Crippen molar-refractivity contribution in [2.24, 2.45) is 0 Å². The third kappa shape index (κ3) is 2.91. The van der Waals surface area contributed by atoms with Crippen molar-refractivity contribution in [3.05, 3.63) is 71.4 Å². The van der Waals surface area contributed by atoms with Gasteiger partial charge in [-0.3, -0.25) is 4.98 Å². The van der Waals surface area contributed by atoms with Crippen molar-refractivity contribution in [1.82, 2.24) is 4.98 Å². The van der Waals surface area contributed by atoms with E-state index in [0.717, 1.165) is 27.4 Å². The topological polar surface area (TPSA) is 38.9 Å². The van der Waals surface area contributed by atoms with E-state index in [9.17, 15) is 0 Å². The summed E-state index contributed by atoms with van der Waals surface area (Å²) in [5.41, 5.74) is 11.8. The van der Waals surface area contributed by atoms with Crippen LogP contribution in [0.3, 0.4) is 0 Å². The molecule has 0 spiro atoms. The Balaban J connectivity index is 2.17. The summed E-state index contributed by atoms with van der Waals surface area (Å²) in [6.45, 7) is 2.08. The number of hydrogen-bond acceptors (Lipinski definition) is 2. The van der Waals surface area contributed by atoms with Crippen LogP contribution in [0.25, 0.3) is 22.4 Å². The molecule has 0 radical (unpaired) electrons. The van der Waals surface area contributed by atoms with E-state index in [0.29, 0.717) is 5.69 Å². The van der Waals surface area contributed by atoms with Crippen LogP contribution in [0.5, 0.6) is 0 Å². The normalized spacial score (nSPS) is 10.6. The first kappa shape index (κ1) is 13.7. The van der Waals surface area contributed by atoms with Gasteiger partial charge >= 0.3 is 0 Å². The molecular formula is C18H15ClN2. The molecular weight excluding hydrogens is 280 g/mol. The fourth-order valence-electron chi connectivity index (χ4n) is 2.32. The Labute approximate surface area is 129 Å². The summed E-state index contributed by atoms with van der Waals surface area (Å²) in [5.74, 6) is 0. The van der Waals surface area contributed by atoms with Crippen LogP contribution in [-0.2, 0) is 0 Å². The average molecular weight is 295 g/mol. The van der Waals surface area contributed by atoms with Crippen LogP contribution in [0.2, 0.25) is 5.02 Å². The molecule has 2 aromatic carbocycles. The molecule has 0 saturated heterocycles. The van der Waals surface area contributed by atoms with Gasteiger partial charge in [0.25, 0.3) is 0 Å². The van der Waals surface area contributed by atoms with E-state index in [-0.39, 0.29) is 0 Å². The summed E-state index contributed by atoms with van der Waals surface area (Å²) in [6.07, 6.45) is 1.68. The van der Waals surface area contributed by atoms with Gasteiger partial charge in [-0.15, -0.1) is 0 Å². The van der Waals surface area contributed by atoms with Gasteiger partial charge in [-0.1, -0.05) is 41.4 Å². The zero-order valence-corrected chi connectivity index (χ0v) is 12.4. The Bertz CT molecular complexity index is 762. The standard InChI is InChI=1S/C18H15ClN2/c1-12-2-8-16(13-3-5-14(19)6-4-13)17(10-12)18-9-7-15(20)11-21-18/h2-11H,20H2,1H3. The van der Waals surface area contributed by atoms with Crippen molar-refractivity contribution in [3.63, 3.8) is 0 Å². The third-order valence-corrected chi connectivity index (χ3v) is 3.64. The number of aryl methyl sites for hydroxylation is 1. The molecule has 0 amide bonds. The Morgan fingerprint density at radius 2 is 1.67 bits per heavy atom. The first-order valence-electron chi connectivity index (χ1n) is 6.72. The SMILES string of the molecule is Cc1ccc(-c2ccc(Cl)cc2)c(-c2ccc(N)cn2)c1. The monoisotopic (exact) mass is 294 g/mol. The van der Waals surface area contributed by atoms with Crippen molar-refractivity contribution in [2.75, 3.05) is 5.73 Å². The van der Waals surface area contributed by atoms with Crippen LogP contribution in [-0.4, -0.2) is 4.98 Å². The largest absolute Gasteiger partial charge is 0.397 e. The lowest BCUT2D eigenvalue weighted by molar-refractivity contribution is 1.32. The number of benzene rings is 2. The highest BCUT2D eigenvalue weighted by molar-refractivity contribution is 6.30. The fourth-order valence-corrected chi connectivity index (χ4v) is 2.44. The number of pyridine rings is 1. The minimum atomic E-state index is 0.666. The first-order valence-corrected chi connectivity index (χ1v) is 7.10. The molecule has 2 nitrogen and oxygen atoms in total. The molecule has 0 fully saturated rings. The maximum atomic E-state index is 5.97. The molecule has 3 rings (SSSR count). The van der Waals surface area contributed by atoms with Gasteiger partial charge in [0.2, 0.25) is 0 Å². The van der Waals surface area contributed by atoms with Crippen LogP contribution < -0.4 is 5.73 Å². The van der Waals surface area contributed by atoms with Crippen LogP contribution in [0, 0.1) is 6.92 Å². The molecule has 0 aliphatic heterocycles. The predicted octanol–water partition coefficient (Wildman–Crippen LogP) is 4.96. The number of anilines is 1. The minimum Gasteiger partial charge on any atom is -0.397 e. The second-order valence-corrected chi connectivity index (χ2v) is 5.47. The van der Waals surface area contributed by atoms with E-state index in [1.807, 2.05) is 36.4 Å². The van der Waals surface area contributed by atoms with E-state index >= 15 is 0 Å². The highest BCUT2D eigenvalue weighted by atomic mass is 35.5. The molecule has 0 unspecified atom stereocenters. The lowest BCUT2D eigenvalue weighted by Gasteiger charge is -2.11. The molecule has 3 heteroatoms. The molecule has 0 aliphatic rings. The second kappa shape index (κ2) is 5.58. The highest BCUT2D eigenvalue weighted by Gasteiger charge is 2.09. The zero-order valence-electron chi connectivity index (χ0n) is 11.7. The number of rotatable bonds is 2. The van der Waals surface area contributed by atoms with Crippen molar-refractivity contribution < 1.29 is 0 Å². The van der Waals surface area contributed by atoms with Crippen molar-refractivity contribution >= 4 is 17.3 Å². The molecule has 0 bridgehead atoms. The van der Waals surface area contributed by atoms with Gasteiger partial charge in [0.05, 0.1) is 17.6 Å². The lowest BCUT2D eigenvalue weighted by atomic mass is 9.95. The Kier molecular flexibility index (Phi) is 3.63. The average Bonchev–Trinajstić information content (AvgIpc) is 2.49. The minimum absolute atomic E-state index is 0.666. The summed E-state index contributed by atoms with van der Waals surface area (Å²) in [7, 11) is 0. The van der Waals surface area contributed by atoms with Crippen LogP contribution in [0.15, 0.2) is 60.8 Å². The van der Waals surface area contributed by atoms with Gasteiger partial charge in [-0.25, -0.2) is 0 Å². The molecule has 3 aromatic rings. The zero-order chi connectivity index (χ0) is 14.8. The van der Waals surface area contributed by atoms with Gasteiger partial charge in [0.15, 0.2) is 0 Å². The quantitative estimate of drug-likeness (QED) is 0.725. The molecule has 0 atom stereocenters. The Hall–Kier alpha value is -2.32. The van der Waals surface area contributed by atoms with Gasteiger partial charge in [0.1, 0.15) is 0 Å².